The summed E-state index contributed by atoms with van der Waals surface area (Å²) in [4.78, 5) is 1.35. The van der Waals surface area contributed by atoms with Gasteiger partial charge in [0, 0.05) is 13.6 Å². The van der Waals surface area contributed by atoms with E-state index in [4.69, 9.17) is 0 Å². The third-order valence-electron chi connectivity index (χ3n) is 2.38. The Morgan fingerprint density at radius 1 is 1.29 bits per heavy atom. The van der Waals surface area contributed by atoms with Crippen molar-refractivity contribution in [1.82, 2.24) is 0 Å². The number of hydrogen-bond donors (Lipinski definition) is 0. The summed E-state index contributed by atoms with van der Waals surface area (Å²) >= 11 is 0. The molecule has 1 aromatic carbocycles. The van der Waals surface area contributed by atoms with Crippen LogP contribution in [0.3, 0.4) is 0 Å². The lowest BCUT2D eigenvalue weighted by atomic mass is 10.3. The normalized spacial score (nSPS) is 11.8. The van der Waals surface area contributed by atoms with Gasteiger partial charge in [0.25, 0.3) is 0 Å². The zero-order valence-electron chi connectivity index (χ0n) is 9.73. The average Bonchev–Trinajstić information content (AvgIpc) is 2.29. The van der Waals surface area contributed by atoms with Crippen LogP contribution in [0.1, 0.15) is 13.3 Å². The second kappa shape index (κ2) is 5.44. The molecule has 3 nitrogen and oxygen atoms in total. The standard InChI is InChI=1S/C11H15F2NO2S/c1-3-8-14(2)9-6-4-5-7-10(9)17(15,16)11(12)13/h4-7,11H,3,8H2,1-2H3. The lowest BCUT2D eigenvalue weighted by molar-refractivity contribution is 0.235. The van der Waals surface area contributed by atoms with E-state index in [0.29, 0.717) is 12.2 Å². The highest BCUT2D eigenvalue weighted by atomic mass is 32.2. The predicted molar refractivity (Wildman–Crippen MR) is 63.2 cm³/mol. The molecule has 0 N–H and O–H groups in total. The fourth-order valence-corrected chi connectivity index (χ4v) is 2.54. The van der Waals surface area contributed by atoms with Gasteiger partial charge in [-0.25, -0.2) is 8.42 Å². The van der Waals surface area contributed by atoms with Gasteiger partial charge in [-0.05, 0) is 18.6 Å². The topological polar surface area (TPSA) is 37.4 Å². The molecule has 0 aliphatic rings. The quantitative estimate of drug-likeness (QED) is 0.819. The number of rotatable bonds is 5. The van der Waals surface area contributed by atoms with Gasteiger partial charge in [-0.2, -0.15) is 8.78 Å². The van der Waals surface area contributed by atoms with E-state index in [0.717, 1.165) is 6.42 Å². The fraction of sp³-hybridized carbons (Fsp3) is 0.455. The van der Waals surface area contributed by atoms with Crippen molar-refractivity contribution in [2.75, 3.05) is 18.5 Å². The summed E-state index contributed by atoms with van der Waals surface area (Å²) in [6, 6.07) is 5.82. The van der Waals surface area contributed by atoms with Crippen molar-refractivity contribution in [2.24, 2.45) is 0 Å². The first-order valence-electron chi connectivity index (χ1n) is 5.23. The van der Waals surface area contributed by atoms with Crippen molar-refractivity contribution in [3.05, 3.63) is 24.3 Å². The van der Waals surface area contributed by atoms with Crippen LogP contribution >= 0.6 is 0 Å². The Bertz CT molecular complexity index is 474. The van der Waals surface area contributed by atoms with Gasteiger partial charge in [0.15, 0.2) is 0 Å². The molecular weight excluding hydrogens is 248 g/mol. The van der Waals surface area contributed by atoms with E-state index in [1.165, 1.54) is 18.2 Å². The molecule has 0 saturated carbocycles. The van der Waals surface area contributed by atoms with Crippen molar-refractivity contribution < 1.29 is 17.2 Å². The molecule has 96 valence electrons. The zero-order chi connectivity index (χ0) is 13.1. The molecule has 0 fully saturated rings. The average molecular weight is 263 g/mol. The Balaban J connectivity index is 3.26. The fourth-order valence-electron chi connectivity index (χ4n) is 1.56. The van der Waals surface area contributed by atoms with Crippen molar-refractivity contribution >= 4 is 15.5 Å². The highest BCUT2D eigenvalue weighted by Crippen LogP contribution is 2.28. The number of anilines is 1. The Kier molecular flexibility index (Phi) is 4.45. The van der Waals surface area contributed by atoms with Crippen LogP contribution in [-0.2, 0) is 9.84 Å². The molecule has 0 heterocycles. The van der Waals surface area contributed by atoms with Gasteiger partial charge in [0.1, 0.15) is 0 Å². The number of benzene rings is 1. The zero-order valence-corrected chi connectivity index (χ0v) is 10.5. The van der Waals surface area contributed by atoms with E-state index in [9.17, 15) is 17.2 Å². The number of alkyl halides is 2. The van der Waals surface area contributed by atoms with Crippen LogP contribution < -0.4 is 4.90 Å². The first-order chi connectivity index (χ1) is 7.91. The van der Waals surface area contributed by atoms with Gasteiger partial charge in [0.05, 0.1) is 10.6 Å². The first kappa shape index (κ1) is 13.9. The molecule has 0 unspecified atom stereocenters. The first-order valence-corrected chi connectivity index (χ1v) is 6.78. The van der Waals surface area contributed by atoms with Crippen molar-refractivity contribution in [3.63, 3.8) is 0 Å². The van der Waals surface area contributed by atoms with Crippen molar-refractivity contribution in [3.8, 4) is 0 Å². The van der Waals surface area contributed by atoms with E-state index in [-0.39, 0.29) is 4.90 Å². The Morgan fingerprint density at radius 2 is 1.88 bits per heavy atom. The molecule has 0 aromatic heterocycles. The summed E-state index contributed by atoms with van der Waals surface area (Å²) in [5.74, 6) is -3.39. The maximum absolute atomic E-state index is 12.5. The molecule has 0 atom stereocenters. The largest absolute Gasteiger partial charge is 0.374 e. The summed E-state index contributed by atoms with van der Waals surface area (Å²) in [6.45, 7) is 2.54. The molecule has 0 bridgehead atoms. The monoisotopic (exact) mass is 263 g/mol. The number of sulfone groups is 1. The van der Waals surface area contributed by atoms with E-state index >= 15 is 0 Å². The maximum Gasteiger partial charge on any atom is 0.341 e. The lowest BCUT2D eigenvalue weighted by Gasteiger charge is -2.21. The van der Waals surface area contributed by atoms with Crippen LogP contribution in [0.4, 0.5) is 14.5 Å². The molecule has 0 amide bonds. The lowest BCUT2D eigenvalue weighted by Crippen LogP contribution is -2.22. The molecule has 0 saturated heterocycles. The second-order valence-corrected chi connectivity index (χ2v) is 5.58. The number of hydrogen-bond acceptors (Lipinski definition) is 3. The summed E-state index contributed by atoms with van der Waals surface area (Å²) in [5, 5.41) is 0. The molecule has 1 aromatic rings. The summed E-state index contributed by atoms with van der Waals surface area (Å²) in [5.41, 5.74) is 0.314. The molecule has 0 aliphatic heterocycles. The molecule has 17 heavy (non-hydrogen) atoms. The summed E-state index contributed by atoms with van der Waals surface area (Å²) in [7, 11) is -2.86. The van der Waals surface area contributed by atoms with Crippen molar-refractivity contribution in [2.45, 2.75) is 24.0 Å². The van der Waals surface area contributed by atoms with Gasteiger partial charge < -0.3 is 4.90 Å². The van der Waals surface area contributed by atoms with E-state index < -0.39 is 15.6 Å². The molecule has 0 spiro atoms. The van der Waals surface area contributed by atoms with E-state index in [1.807, 2.05) is 6.92 Å². The van der Waals surface area contributed by atoms with Crippen LogP contribution in [0.2, 0.25) is 0 Å². The van der Waals surface area contributed by atoms with Crippen LogP contribution in [0.5, 0.6) is 0 Å². The van der Waals surface area contributed by atoms with E-state index in [2.05, 4.69) is 0 Å². The number of para-hydroxylation sites is 1. The highest BCUT2D eigenvalue weighted by Gasteiger charge is 2.29. The van der Waals surface area contributed by atoms with Gasteiger partial charge in [0.2, 0.25) is 9.84 Å². The minimum atomic E-state index is -4.55. The molecule has 1 rings (SSSR count). The van der Waals surface area contributed by atoms with Crippen molar-refractivity contribution in [1.29, 1.82) is 0 Å². The summed E-state index contributed by atoms with van der Waals surface area (Å²) < 4.78 is 48.0. The van der Waals surface area contributed by atoms with Crippen LogP contribution in [0.25, 0.3) is 0 Å². The van der Waals surface area contributed by atoms with Crippen LogP contribution in [0.15, 0.2) is 29.2 Å². The molecule has 6 heteroatoms. The Labute approximate surface area is 100.0 Å². The molecular formula is C11H15F2NO2S. The third-order valence-corrected chi connectivity index (χ3v) is 3.80. The number of nitrogens with zero attached hydrogens (tertiary/aromatic N) is 1. The van der Waals surface area contributed by atoms with Gasteiger partial charge in [-0.3, -0.25) is 0 Å². The van der Waals surface area contributed by atoms with Crippen LogP contribution in [-0.4, -0.2) is 27.8 Å². The van der Waals surface area contributed by atoms with Gasteiger partial charge in [-0.15, -0.1) is 0 Å². The second-order valence-electron chi connectivity index (χ2n) is 3.69. The number of halogens is 2. The van der Waals surface area contributed by atoms with Gasteiger partial charge >= 0.3 is 5.76 Å². The highest BCUT2D eigenvalue weighted by molar-refractivity contribution is 7.91. The van der Waals surface area contributed by atoms with Gasteiger partial charge in [-0.1, -0.05) is 19.1 Å². The summed E-state index contributed by atoms with van der Waals surface area (Å²) in [6.07, 6.45) is 0.805. The smallest absolute Gasteiger partial charge is 0.341 e. The van der Waals surface area contributed by atoms with Crippen LogP contribution in [0, 0.1) is 0 Å². The Morgan fingerprint density at radius 3 is 2.41 bits per heavy atom. The SMILES string of the molecule is CCCN(C)c1ccccc1S(=O)(=O)C(F)F. The van der Waals surface area contributed by atoms with E-state index in [1.54, 1.807) is 18.0 Å². The molecule has 0 radical (unpaired) electrons. The Hall–Kier alpha value is -1.17. The maximum atomic E-state index is 12.5. The third kappa shape index (κ3) is 2.94. The minimum Gasteiger partial charge on any atom is -0.374 e. The molecule has 0 aliphatic carbocycles. The predicted octanol–water partition coefficient (Wildman–Crippen LogP) is 2.53. The minimum absolute atomic E-state index is 0.314.